The molecule has 0 aromatic rings. The van der Waals surface area contributed by atoms with E-state index in [0.29, 0.717) is 6.04 Å². The lowest BCUT2D eigenvalue weighted by Crippen LogP contribution is -2.49. The number of hydrogen-bond donors (Lipinski definition) is 2. The molecule has 0 aromatic heterocycles. The second kappa shape index (κ2) is 7.62. The largest absolute Gasteiger partial charge is 0.352 e. The molecule has 0 bridgehead atoms. The van der Waals surface area contributed by atoms with Gasteiger partial charge in [-0.2, -0.15) is 0 Å². The Bertz CT molecular complexity index is 334. The van der Waals surface area contributed by atoms with E-state index in [-0.39, 0.29) is 24.4 Å². The first-order valence-electron chi connectivity index (χ1n) is 7.98. The fraction of sp³-hybridized carbons (Fsp3) is 0.867. The highest BCUT2D eigenvalue weighted by Gasteiger charge is 2.22. The van der Waals surface area contributed by atoms with Crippen LogP contribution in [0.1, 0.15) is 51.9 Å². The van der Waals surface area contributed by atoms with Crippen LogP contribution in [0.5, 0.6) is 0 Å². The van der Waals surface area contributed by atoms with Gasteiger partial charge in [-0.3, -0.25) is 14.9 Å². The first-order valence-corrected chi connectivity index (χ1v) is 7.98. The van der Waals surface area contributed by atoms with E-state index in [1.54, 1.807) is 0 Å². The molecule has 2 aliphatic rings. The van der Waals surface area contributed by atoms with Gasteiger partial charge in [-0.1, -0.05) is 12.8 Å². The molecule has 0 radical (unpaired) electrons. The number of likely N-dealkylation sites (tertiary alicyclic amines) is 1. The van der Waals surface area contributed by atoms with Crippen LogP contribution in [0.25, 0.3) is 0 Å². The molecule has 2 fully saturated rings. The SMILES string of the molecule is CC(NCC(=O)N1CCCCC1)C(=O)NC1CCCC1. The van der Waals surface area contributed by atoms with E-state index in [1.165, 1.54) is 19.3 Å². The zero-order chi connectivity index (χ0) is 14.4. The molecule has 1 saturated carbocycles. The maximum absolute atomic E-state index is 12.0. The molecule has 2 rings (SSSR count). The monoisotopic (exact) mass is 281 g/mol. The molecule has 0 spiro atoms. The van der Waals surface area contributed by atoms with E-state index in [9.17, 15) is 9.59 Å². The fourth-order valence-electron chi connectivity index (χ4n) is 2.98. The predicted octanol–water partition coefficient (Wildman–Crippen LogP) is 1.04. The maximum Gasteiger partial charge on any atom is 0.237 e. The van der Waals surface area contributed by atoms with Crippen molar-refractivity contribution in [3.8, 4) is 0 Å². The van der Waals surface area contributed by atoms with Gasteiger partial charge in [0.2, 0.25) is 11.8 Å². The van der Waals surface area contributed by atoms with Crippen molar-refractivity contribution in [1.82, 2.24) is 15.5 Å². The van der Waals surface area contributed by atoms with Crippen molar-refractivity contribution < 1.29 is 9.59 Å². The molecule has 1 saturated heterocycles. The van der Waals surface area contributed by atoms with Crippen LogP contribution >= 0.6 is 0 Å². The third kappa shape index (κ3) is 4.47. The van der Waals surface area contributed by atoms with Gasteiger partial charge < -0.3 is 10.2 Å². The second-order valence-corrected chi connectivity index (χ2v) is 6.03. The highest BCUT2D eigenvalue weighted by Crippen LogP contribution is 2.17. The summed E-state index contributed by atoms with van der Waals surface area (Å²) in [5, 5.41) is 6.11. The predicted molar refractivity (Wildman–Crippen MR) is 78.3 cm³/mol. The number of carbonyl (C=O) groups excluding carboxylic acids is 2. The third-order valence-corrected chi connectivity index (χ3v) is 4.36. The van der Waals surface area contributed by atoms with Gasteiger partial charge in [-0.05, 0) is 39.0 Å². The number of nitrogens with zero attached hydrogens (tertiary/aromatic N) is 1. The average Bonchev–Trinajstić information content (AvgIpc) is 2.98. The van der Waals surface area contributed by atoms with E-state index in [4.69, 9.17) is 0 Å². The number of amides is 2. The van der Waals surface area contributed by atoms with Crippen LogP contribution < -0.4 is 10.6 Å². The number of nitrogens with one attached hydrogen (secondary N) is 2. The second-order valence-electron chi connectivity index (χ2n) is 6.03. The molecule has 2 amide bonds. The summed E-state index contributed by atoms with van der Waals surface area (Å²) in [5.74, 6) is 0.133. The molecule has 5 heteroatoms. The molecule has 5 nitrogen and oxygen atoms in total. The van der Waals surface area contributed by atoms with E-state index in [0.717, 1.165) is 38.8 Å². The van der Waals surface area contributed by atoms with Gasteiger partial charge in [-0.25, -0.2) is 0 Å². The van der Waals surface area contributed by atoms with Crippen molar-refractivity contribution in [2.45, 2.75) is 64.0 Å². The van der Waals surface area contributed by atoms with Crippen LogP contribution in [0, 0.1) is 0 Å². The number of hydrogen-bond acceptors (Lipinski definition) is 3. The number of piperidine rings is 1. The van der Waals surface area contributed by atoms with Crippen molar-refractivity contribution in [2.75, 3.05) is 19.6 Å². The molecule has 1 aliphatic heterocycles. The normalized spacial score (nSPS) is 21.8. The summed E-state index contributed by atoms with van der Waals surface area (Å²) in [4.78, 5) is 25.9. The molecule has 1 heterocycles. The van der Waals surface area contributed by atoms with E-state index in [2.05, 4.69) is 10.6 Å². The van der Waals surface area contributed by atoms with E-state index >= 15 is 0 Å². The van der Waals surface area contributed by atoms with Crippen LogP contribution in [-0.4, -0.2) is 48.4 Å². The Morgan fingerprint density at radius 1 is 1.10 bits per heavy atom. The van der Waals surface area contributed by atoms with Crippen LogP contribution in [0.15, 0.2) is 0 Å². The molecular weight excluding hydrogens is 254 g/mol. The first-order chi connectivity index (χ1) is 9.66. The van der Waals surface area contributed by atoms with Crippen molar-refractivity contribution in [2.24, 2.45) is 0 Å². The summed E-state index contributed by atoms with van der Waals surface area (Å²) >= 11 is 0. The minimum Gasteiger partial charge on any atom is -0.352 e. The van der Waals surface area contributed by atoms with Gasteiger partial charge in [0.05, 0.1) is 12.6 Å². The minimum absolute atomic E-state index is 0.0170. The summed E-state index contributed by atoms with van der Waals surface area (Å²) in [7, 11) is 0. The first kappa shape index (κ1) is 15.3. The van der Waals surface area contributed by atoms with Crippen molar-refractivity contribution in [1.29, 1.82) is 0 Å². The number of carbonyl (C=O) groups is 2. The number of rotatable bonds is 5. The topological polar surface area (TPSA) is 61.4 Å². The van der Waals surface area contributed by atoms with Gasteiger partial charge in [0.25, 0.3) is 0 Å². The van der Waals surface area contributed by atoms with Gasteiger partial charge in [-0.15, -0.1) is 0 Å². The average molecular weight is 281 g/mol. The molecule has 2 N–H and O–H groups in total. The summed E-state index contributed by atoms with van der Waals surface area (Å²) in [6, 6.07) is 0.0360. The lowest BCUT2D eigenvalue weighted by Gasteiger charge is -2.27. The molecule has 1 aliphatic carbocycles. The molecule has 1 atom stereocenters. The lowest BCUT2D eigenvalue weighted by molar-refractivity contribution is -0.131. The van der Waals surface area contributed by atoms with Crippen LogP contribution in [0.2, 0.25) is 0 Å². The molecular formula is C15H27N3O2. The smallest absolute Gasteiger partial charge is 0.237 e. The molecule has 20 heavy (non-hydrogen) atoms. The van der Waals surface area contributed by atoms with Crippen molar-refractivity contribution in [3.05, 3.63) is 0 Å². The summed E-state index contributed by atoms with van der Waals surface area (Å²) < 4.78 is 0. The Morgan fingerprint density at radius 2 is 1.75 bits per heavy atom. The molecule has 0 aromatic carbocycles. The van der Waals surface area contributed by atoms with Crippen LogP contribution in [0.3, 0.4) is 0 Å². The lowest BCUT2D eigenvalue weighted by atomic mass is 10.1. The van der Waals surface area contributed by atoms with Crippen LogP contribution in [-0.2, 0) is 9.59 Å². The highest BCUT2D eigenvalue weighted by molar-refractivity contribution is 5.83. The summed E-state index contributed by atoms with van der Waals surface area (Å²) in [6.07, 6.45) is 8.01. The van der Waals surface area contributed by atoms with Gasteiger partial charge in [0.1, 0.15) is 0 Å². The van der Waals surface area contributed by atoms with Crippen LogP contribution in [0.4, 0.5) is 0 Å². The van der Waals surface area contributed by atoms with E-state index in [1.807, 2.05) is 11.8 Å². The Kier molecular flexibility index (Phi) is 5.83. The Balaban J connectivity index is 1.66. The quantitative estimate of drug-likeness (QED) is 0.791. The van der Waals surface area contributed by atoms with Gasteiger partial charge >= 0.3 is 0 Å². The maximum atomic E-state index is 12.0. The summed E-state index contributed by atoms with van der Waals surface area (Å²) in [6.45, 7) is 3.82. The van der Waals surface area contributed by atoms with Gasteiger partial charge in [0, 0.05) is 19.1 Å². The minimum atomic E-state index is -0.302. The Hall–Kier alpha value is -1.10. The standard InChI is InChI=1S/C15H27N3O2/c1-12(15(20)17-13-7-3-4-8-13)16-11-14(19)18-9-5-2-6-10-18/h12-13,16H,2-11H2,1H3,(H,17,20). The molecule has 1 unspecified atom stereocenters. The van der Waals surface area contributed by atoms with Crippen molar-refractivity contribution >= 4 is 11.8 Å². The van der Waals surface area contributed by atoms with E-state index < -0.39 is 0 Å². The van der Waals surface area contributed by atoms with Gasteiger partial charge in [0.15, 0.2) is 0 Å². The van der Waals surface area contributed by atoms with Crippen molar-refractivity contribution in [3.63, 3.8) is 0 Å². The highest BCUT2D eigenvalue weighted by atomic mass is 16.2. The molecule has 114 valence electrons. The summed E-state index contributed by atoms with van der Waals surface area (Å²) in [5.41, 5.74) is 0. The zero-order valence-electron chi connectivity index (χ0n) is 12.5. The Labute approximate surface area is 121 Å². The third-order valence-electron chi connectivity index (χ3n) is 4.36. The fourth-order valence-corrected chi connectivity index (χ4v) is 2.98. The zero-order valence-corrected chi connectivity index (χ0v) is 12.5. The Morgan fingerprint density at radius 3 is 2.40 bits per heavy atom.